The molecule has 3 aromatic rings. The first-order valence-electron chi connectivity index (χ1n) is 6.63. The highest BCUT2D eigenvalue weighted by Gasteiger charge is 2.07. The lowest BCUT2D eigenvalue weighted by Gasteiger charge is -2.07. The van der Waals surface area contributed by atoms with Gasteiger partial charge in [-0.05, 0) is 29.3 Å². The maximum absolute atomic E-state index is 9.25. The topological polar surface area (TPSA) is 89.1 Å². The highest BCUT2D eigenvalue weighted by atomic mass is 35.5. The Labute approximate surface area is 138 Å². The van der Waals surface area contributed by atoms with E-state index in [1.165, 1.54) is 6.33 Å². The lowest BCUT2D eigenvalue weighted by Crippen LogP contribution is -1.94. The normalized spacial score (nSPS) is 9.78. The molecular formula is C17H14ClN3O2. The fourth-order valence-electron chi connectivity index (χ4n) is 2.00. The number of carbonyl (C=O) groups is 1. The van der Waals surface area contributed by atoms with Crippen LogP contribution in [0.15, 0.2) is 61.4 Å². The van der Waals surface area contributed by atoms with Crippen molar-refractivity contribution < 1.29 is 9.90 Å². The molecule has 0 aliphatic carbocycles. The standard InChI is InChI=1S/C14H10ClN3.C3H4O2/c15-10-6-4-9(5-7-10)11-2-1-3-12-13(11)14(16)18-8-17-12;1-2-3(4)5/h1-8H,(H2,16,17,18);2H,1H2,(H,4,5). The van der Waals surface area contributed by atoms with Gasteiger partial charge in [-0.3, -0.25) is 0 Å². The lowest BCUT2D eigenvalue weighted by molar-refractivity contribution is -0.131. The third kappa shape index (κ3) is 4.05. The van der Waals surface area contributed by atoms with Gasteiger partial charge in [0.05, 0.1) is 10.9 Å². The van der Waals surface area contributed by atoms with Gasteiger partial charge in [0, 0.05) is 11.1 Å². The molecule has 23 heavy (non-hydrogen) atoms. The Bertz CT molecular complexity index is 843. The maximum Gasteiger partial charge on any atom is 0.327 e. The molecule has 116 valence electrons. The fourth-order valence-corrected chi connectivity index (χ4v) is 2.13. The molecule has 0 saturated carbocycles. The largest absolute Gasteiger partial charge is 0.478 e. The molecule has 0 saturated heterocycles. The number of carboxylic acid groups (broad SMARTS) is 1. The second kappa shape index (κ2) is 7.38. The highest BCUT2D eigenvalue weighted by molar-refractivity contribution is 6.30. The number of hydrogen-bond acceptors (Lipinski definition) is 4. The summed E-state index contributed by atoms with van der Waals surface area (Å²) >= 11 is 5.90. The second-order valence-corrected chi connectivity index (χ2v) is 4.94. The molecule has 6 heteroatoms. The van der Waals surface area contributed by atoms with E-state index in [1.807, 2.05) is 42.5 Å². The van der Waals surface area contributed by atoms with E-state index in [0.717, 1.165) is 28.1 Å². The monoisotopic (exact) mass is 327 g/mol. The number of halogens is 1. The van der Waals surface area contributed by atoms with Crippen molar-refractivity contribution in [3.63, 3.8) is 0 Å². The number of carboxylic acids is 1. The highest BCUT2D eigenvalue weighted by Crippen LogP contribution is 2.30. The van der Waals surface area contributed by atoms with Crippen LogP contribution in [0.4, 0.5) is 5.82 Å². The molecule has 1 aromatic heterocycles. The van der Waals surface area contributed by atoms with Gasteiger partial charge in [-0.2, -0.15) is 0 Å². The molecule has 0 atom stereocenters. The summed E-state index contributed by atoms with van der Waals surface area (Å²) in [6, 6.07) is 13.5. The minimum atomic E-state index is -0.981. The Balaban J connectivity index is 0.000000338. The zero-order valence-electron chi connectivity index (χ0n) is 12.1. The number of hydrogen-bond donors (Lipinski definition) is 2. The first-order valence-corrected chi connectivity index (χ1v) is 7.01. The molecule has 0 bridgehead atoms. The number of nitrogens with two attached hydrogens (primary N) is 1. The van der Waals surface area contributed by atoms with E-state index >= 15 is 0 Å². The Morgan fingerprint density at radius 2 is 1.83 bits per heavy atom. The average molecular weight is 328 g/mol. The SMILES string of the molecule is C=CC(=O)O.Nc1ncnc2cccc(-c3ccc(Cl)cc3)c12. The number of nitrogens with zero attached hydrogens (tertiary/aromatic N) is 2. The molecular weight excluding hydrogens is 314 g/mol. The minimum absolute atomic E-state index is 0.491. The van der Waals surface area contributed by atoms with Crippen LogP contribution < -0.4 is 5.73 Å². The Hall–Kier alpha value is -2.92. The van der Waals surface area contributed by atoms with Crippen molar-refractivity contribution >= 4 is 34.3 Å². The van der Waals surface area contributed by atoms with Gasteiger partial charge < -0.3 is 10.8 Å². The molecule has 0 fully saturated rings. The van der Waals surface area contributed by atoms with E-state index in [1.54, 1.807) is 0 Å². The molecule has 0 aliphatic rings. The van der Waals surface area contributed by atoms with E-state index in [9.17, 15) is 4.79 Å². The van der Waals surface area contributed by atoms with Crippen molar-refractivity contribution in [3.8, 4) is 11.1 Å². The number of nitrogen functional groups attached to an aromatic ring is 1. The van der Waals surface area contributed by atoms with Gasteiger partial charge in [0.25, 0.3) is 0 Å². The van der Waals surface area contributed by atoms with Gasteiger partial charge in [-0.15, -0.1) is 0 Å². The smallest absolute Gasteiger partial charge is 0.327 e. The van der Waals surface area contributed by atoms with Crippen LogP contribution in [0.2, 0.25) is 5.02 Å². The second-order valence-electron chi connectivity index (χ2n) is 4.51. The molecule has 3 rings (SSSR count). The van der Waals surface area contributed by atoms with Crippen LogP contribution in [0, 0.1) is 0 Å². The first kappa shape index (κ1) is 16.5. The van der Waals surface area contributed by atoms with Gasteiger partial charge in [0.15, 0.2) is 0 Å². The molecule has 0 spiro atoms. The third-order valence-corrected chi connectivity index (χ3v) is 3.27. The predicted octanol–water partition coefficient (Wildman–Crippen LogP) is 3.79. The lowest BCUT2D eigenvalue weighted by atomic mass is 10.0. The number of anilines is 1. The van der Waals surface area contributed by atoms with Crippen molar-refractivity contribution in [2.45, 2.75) is 0 Å². The van der Waals surface area contributed by atoms with Gasteiger partial charge in [0.1, 0.15) is 12.1 Å². The Morgan fingerprint density at radius 1 is 1.17 bits per heavy atom. The molecule has 1 heterocycles. The predicted molar refractivity (Wildman–Crippen MR) is 92.2 cm³/mol. The Kier molecular flexibility index (Phi) is 5.28. The van der Waals surface area contributed by atoms with E-state index < -0.39 is 5.97 Å². The summed E-state index contributed by atoms with van der Waals surface area (Å²) in [5.41, 5.74) is 8.85. The molecule has 2 aromatic carbocycles. The quantitative estimate of drug-likeness (QED) is 0.699. The van der Waals surface area contributed by atoms with Crippen molar-refractivity contribution in [1.29, 1.82) is 0 Å². The number of aliphatic carboxylic acids is 1. The van der Waals surface area contributed by atoms with Crippen LogP contribution in [-0.2, 0) is 4.79 Å². The molecule has 0 unspecified atom stereocenters. The van der Waals surface area contributed by atoms with Crippen molar-refractivity contribution in [2.24, 2.45) is 0 Å². The summed E-state index contributed by atoms with van der Waals surface area (Å²) in [7, 11) is 0. The van der Waals surface area contributed by atoms with Crippen LogP contribution in [0.5, 0.6) is 0 Å². The summed E-state index contributed by atoms with van der Waals surface area (Å²) in [6.45, 7) is 2.96. The summed E-state index contributed by atoms with van der Waals surface area (Å²) in [5, 5.41) is 9.19. The Morgan fingerprint density at radius 3 is 2.43 bits per heavy atom. The summed E-state index contributed by atoms with van der Waals surface area (Å²) in [6.07, 6.45) is 2.31. The van der Waals surface area contributed by atoms with E-state index in [2.05, 4.69) is 16.5 Å². The zero-order chi connectivity index (χ0) is 16.8. The summed E-state index contributed by atoms with van der Waals surface area (Å²) < 4.78 is 0. The summed E-state index contributed by atoms with van der Waals surface area (Å²) in [5.74, 6) is -0.490. The number of fused-ring (bicyclic) bond motifs is 1. The van der Waals surface area contributed by atoms with Gasteiger partial charge in [0.2, 0.25) is 0 Å². The van der Waals surface area contributed by atoms with Crippen molar-refractivity contribution in [2.75, 3.05) is 5.73 Å². The van der Waals surface area contributed by atoms with Crippen LogP contribution in [0.3, 0.4) is 0 Å². The number of benzene rings is 2. The maximum atomic E-state index is 9.25. The molecule has 5 nitrogen and oxygen atoms in total. The number of aromatic nitrogens is 2. The van der Waals surface area contributed by atoms with Gasteiger partial charge >= 0.3 is 5.97 Å². The molecule has 0 amide bonds. The van der Waals surface area contributed by atoms with Gasteiger partial charge in [-0.1, -0.05) is 42.4 Å². The molecule has 0 radical (unpaired) electrons. The average Bonchev–Trinajstić information content (AvgIpc) is 2.56. The van der Waals surface area contributed by atoms with Crippen LogP contribution in [-0.4, -0.2) is 21.0 Å². The van der Waals surface area contributed by atoms with Crippen LogP contribution in [0.25, 0.3) is 22.0 Å². The number of rotatable bonds is 2. The zero-order valence-corrected chi connectivity index (χ0v) is 12.9. The van der Waals surface area contributed by atoms with Crippen molar-refractivity contribution in [3.05, 3.63) is 66.5 Å². The first-order chi connectivity index (χ1) is 11.0. The van der Waals surface area contributed by atoms with Gasteiger partial charge in [-0.25, -0.2) is 14.8 Å². The molecule has 3 N–H and O–H groups in total. The summed E-state index contributed by atoms with van der Waals surface area (Å²) in [4.78, 5) is 17.5. The van der Waals surface area contributed by atoms with E-state index in [-0.39, 0.29) is 0 Å². The third-order valence-electron chi connectivity index (χ3n) is 3.02. The van der Waals surface area contributed by atoms with E-state index in [4.69, 9.17) is 22.4 Å². The van der Waals surface area contributed by atoms with Crippen molar-refractivity contribution in [1.82, 2.24) is 9.97 Å². The van der Waals surface area contributed by atoms with Crippen LogP contribution in [0.1, 0.15) is 0 Å². The minimum Gasteiger partial charge on any atom is -0.478 e. The van der Waals surface area contributed by atoms with E-state index in [0.29, 0.717) is 10.8 Å². The van der Waals surface area contributed by atoms with Crippen LogP contribution >= 0.6 is 11.6 Å². The molecule has 0 aliphatic heterocycles. The fraction of sp³-hybridized carbons (Fsp3) is 0.